The summed E-state index contributed by atoms with van der Waals surface area (Å²) < 4.78 is 5.07. The molecule has 0 amide bonds. The van der Waals surface area contributed by atoms with Gasteiger partial charge in [-0.3, -0.25) is 9.69 Å². The van der Waals surface area contributed by atoms with E-state index < -0.39 is 0 Å². The Bertz CT molecular complexity index is 502. The van der Waals surface area contributed by atoms with Crippen molar-refractivity contribution in [1.29, 1.82) is 0 Å². The number of piperidine rings is 1. The van der Waals surface area contributed by atoms with Crippen molar-refractivity contribution in [3.63, 3.8) is 0 Å². The average molecular weight is 293 g/mol. The molecule has 1 aromatic rings. The van der Waals surface area contributed by atoms with Gasteiger partial charge in [0.1, 0.15) is 0 Å². The fourth-order valence-corrected chi connectivity index (χ4v) is 4.10. The van der Waals surface area contributed by atoms with E-state index in [1.54, 1.807) is 0 Å². The number of ether oxygens (including phenoxy) is 1. The van der Waals surface area contributed by atoms with Gasteiger partial charge in [0.25, 0.3) is 0 Å². The number of rotatable bonds is 2. The van der Waals surface area contributed by atoms with Crippen LogP contribution in [0.3, 0.4) is 0 Å². The van der Waals surface area contributed by atoms with Gasteiger partial charge in [-0.2, -0.15) is 0 Å². The van der Waals surface area contributed by atoms with E-state index in [2.05, 4.69) is 11.9 Å². The maximum Gasteiger partial charge on any atom is 0.310 e. The van der Waals surface area contributed by atoms with Crippen molar-refractivity contribution < 1.29 is 9.53 Å². The van der Waals surface area contributed by atoms with Gasteiger partial charge in [-0.1, -0.05) is 23.7 Å². The lowest BCUT2D eigenvalue weighted by molar-refractivity contribution is -0.150. The number of fused-ring (bicyclic) bond motifs is 2. The van der Waals surface area contributed by atoms with Gasteiger partial charge in [0, 0.05) is 23.0 Å². The van der Waals surface area contributed by atoms with Gasteiger partial charge in [0.15, 0.2) is 0 Å². The maximum absolute atomic E-state index is 12.3. The lowest BCUT2D eigenvalue weighted by Crippen LogP contribution is -2.49. The number of methoxy groups -OCH3 is 1. The van der Waals surface area contributed by atoms with Gasteiger partial charge in [0.2, 0.25) is 0 Å². The van der Waals surface area contributed by atoms with Crippen molar-refractivity contribution in [3.8, 4) is 0 Å². The van der Waals surface area contributed by atoms with Crippen molar-refractivity contribution >= 4 is 17.6 Å². The number of carbonyl (C=O) groups is 1. The van der Waals surface area contributed by atoms with Gasteiger partial charge >= 0.3 is 5.97 Å². The summed E-state index contributed by atoms with van der Waals surface area (Å²) in [4.78, 5) is 14.6. The van der Waals surface area contributed by atoms with Gasteiger partial charge in [-0.25, -0.2) is 0 Å². The van der Waals surface area contributed by atoms with Gasteiger partial charge < -0.3 is 4.74 Å². The predicted octanol–water partition coefficient (Wildman–Crippen LogP) is 3.08. The number of hydrogen-bond donors (Lipinski definition) is 0. The van der Waals surface area contributed by atoms with E-state index in [1.807, 2.05) is 24.3 Å². The zero-order valence-electron chi connectivity index (χ0n) is 11.9. The molecule has 20 heavy (non-hydrogen) atoms. The van der Waals surface area contributed by atoms with Crippen molar-refractivity contribution in [2.75, 3.05) is 14.2 Å². The molecular formula is C16H20ClNO2. The van der Waals surface area contributed by atoms with Crippen LogP contribution < -0.4 is 0 Å². The van der Waals surface area contributed by atoms with Crippen LogP contribution in [-0.4, -0.2) is 37.1 Å². The highest BCUT2D eigenvalue weighted by molar-refractivity contribution is 6.30. The fraction of sp³-hybridized carbons (Fsp3) is 0.562. The fourth-order valence-electron chi connectivity index (χ4n) is 3.98. The van der Waals surface area contributed by atoms with Gasteiger partial charge in [-0.05, 0) is 44.0 Å². The largest absolute Gasteiger partial charge is 0.469 e. The summed E-state index contributed by atoms with van der Waals surface area (Å²) >= 11 is 5.97. The number of benzene rings is 1. The number of nitrogens with zero attached hydrogens (tertiary/aromatic N) is 1. The van der Waals surface area contributed by atoms with Gasteiger partial charge in [0.05, 0.1) is 13.0 Å². The van der Waals surface area contributed by atoms with Crippen molar-refractivity contribution in [1.82, 2.24) is 4.90 Å². The van der Waals surface area contributed by atoms with E-state index in [-0.39, 0.29) is 17.8 Å². The normalized spacial score (nSPS) is 33.1. The average Bonchev–Trinajstić information content (AvgIpc) is 2.70. The molecule has 0 saturated carbocycles. The number of carbonyl (C=O) groups excluding carboxylic acids is 1. The lowest BCUT2D eigenvalue weighted by Gasteiger charge is -2.41. The number of esters is 1. The minimum atomic E-state index is -0.0813. The third-order valence-electron chi connectivity index (χ3n) is 5.04. The van der Waals surface area contributed by atoms with E-state index in [0.717, 1.165) is 17.9 Å². The molecule has 1 aromatic carbocycles. The molecular weight excluding hydrogens is 273 g/mol. The lowest BCUT2D eigenvalue weighted by atomic mass is 9.76. The maximum atomic E-state index is 12.3. The summed E-state index contributed by atoms with van der Waals surface area (Å²) in [6, 6.07) is 8.81. The first-order chi connectivity index (χ1) is 9.61. The van der Waals surface area contributed by atoms with Crippen molar-refractivity contribution in [3.05, 3.63) is 34.9 Å². The van der Waals surface area contributed by atoms with Crippen LogP contribution in [0.1, 0.15) is 30.7 Å². The Balaban J connectivity index is 1.95. The van der Waals surface area contributed by atoms with Crippen LogP contribution in [0.25, 0.3) is 0 Å². The highest BCUT2D eigenvalue weighted by atomic mass is 35.5. The summed E-state index contributed by atoms with van der Waals surface area (Å²) in [6.45, 7) is 0. The van der Waals surface area contributed by atoms with Crippen LogP contribution in [0.2, 0.25) is 5.02 Å². The van der Waals surface area contributed by atoms with Crippen molar-refractivity contribution in [2.24, 2.45) is 5.92 Å². The molecule has 4 atom stereocenters. The van der Waals surface area contributed by atoms with E-state index in [4.69, 9.17) is 16.3 Å². The minimum absolute atomic E-state index is 0.0649. The first kappa shape index (κ1) is 13.9. The molecule has 2 aliphatic rings. The second-order valence-electron chi connectivity index (χ2n) is 5.91. The summed E-state index contributed by atoms with van der Waals surface area (Å²) in [5.74, 6) is 0.0977. The molecule has 3 nitrogen and oxygen atoms in total. The molecule has 2 fully saturated rings. The predicted molar refractivity (Wildman–Crippen MR) is 78.9 cm³/mol. The summed E-state index contributed by atoms with van der Waals surface area (Å²) in [5, 5.41) is 0.735. The molecule has 0 aliphatic carbocycles. The standard InChI is InChI=1S/C16H20ClNO2/c1-18-12-7-8-14(18)15(16(19)20-2)13(9-12)10-3-5-11(17)6-4-10/h3-6,12-15H,7-9H2,1-2H3/t12-,13+,14+,15-/m0/s1/i2-1. The number of hydrogen-bond acceptors (Lipinski definition) is 3. The van der Waals surface area contributed by atoms with Crippen LogP contribution in [0, 0.1) is 5.92 Å². The van der Waals surface area contributed by atoms with E-state index in [1.165, 1.54) is 19.1 Å². The molecule has 0 radical (unpaired) electrons. The van der Waals surface area contributed by atoms with Crippen LogP contribution in [-0.2, 0) is 9.53 Å². The smallest absolute Gasteiger partial charge is 0.310 e. The SMILES string of the molecule is CN1[C@H]2CC[C@@H]1[C@@H](C(=O)O[11CH3])[C@@H](c1ccc(Cl)cc1)C2. The molecule has 0 aromatic heterocycles. The zero-order chi connectivity index (χ0) is 14.3. The summed E-state index contributed by atoms with van der Waals surface area (Å²) in [6.07, 6.45) is 3.29. The quantitative estimate of drug-likeness (QED) is 0.785. The zero-order valence-corrected chi connectivity index (χ0v) is 12.6. The van der Waals surface area contributed by atoms with Crippen LogP contribution in [0.15, 0.2) is 24.3 Å². The van der Waals surface area contributed by atoms with Crippen LogP contribution in [0.4, 0.5) is 0 Å². The molecule has 3 rings (SSSR count). The molecule has 2 saturated heterocycles. The third kappa shape index (κ3) is 2.23. The Morgan fingerprint density at radius 2 is 2.00 bits per heavy atom. The molecule has 2 aliphatic heterocycles. The Kier molecular flexibility index (Phi) is 3.74. The topological polar surface area (TPSA) is 29.5 Å². The third-order valence-corrected chi connectivity index (χ3v) is 5.29. The first-order valence-electron chi connectivity index (χ1n) is 7.17. The molecule has 0 unspecified atom stereocenters. The number of halogens is 1. The van der Waals surface area contributed by atoms with E-state index >= 15 is 0 Å². The van der Waals surface area contributed by atoms with Crippen molar-refractivity contribution in [2.45, 2.75) is 37.3 Å². The van der Waals surface area contributed by atoms with E-state index in [0.29, 0.717) is 12.1 Å². The Morgan fingerprint density at radius 1 is 1.30 bits per heavy atom. The molecule has 108 valence electrons. The van der Waals surface area contributed by atoms with Crippen LogP contribution >= 0.6 is 11.6 Å². The summed E-state index contributed by atoms with van der Waals surface area (Å²) in [5.41, 5.74) is 1.20. The minimum Gasteiger partial charge on any atom is -0.469 e. The molecule has 0 N–H and O–H groups in total. The Morgan fingerprint density at radius 3 is 2.65 bits per heavy atom. The highest BCUT2D eigenvalue weighted by Crippen LogP contribution is 2.46. The summed E-state index contributed by atoms with van der Waals surface area (Å²) in [7, 11) is 3.62. The molecule has 0 spiro atoms. The highest BCUT2D eigenvalue weighted by Gasteiger charge is 2.49. The second kappa shape index (κ2) is 5.38. The van der Waals surface area contributed by atoms with E-state index in [9.17, 15) is 4.79 Å². The molecule has 2 heterocycles. The second-order valence-corrected chi connectivity index (χ2v) is 6.34. The van der Waals surface area contributed by atoms with Crippen LogP contribution in [0.5, 0.6) is 0 Å². The monoisotopic (exact) mass is 292 g/mol. The Labute approximate surface area is 124 Å². The molecule has 2 bridgehead atoms. The first-order valence-corrected chi connectivity index (χ1v) is 7.55. The van der Waals surface area contributed by atoms with Gasteiger partial charge in [-0.15, -0.1) is 0 Å². The molecule has 4 heteroatoms. The Hall–Kier alpha value is -1.06.